The molecule has 4 rings (SSSR count). The number of carbonyl (C=O) groups excluding carboxylic acids is 2. The van der Waals surface area contributed by atoms with Crippen molar-refractivity contribution in [2.45, 2.75) is 19.5 Å². The zero-order chi connectivity index (χ0) is 23.0. The first-order chi connectivity index (χ1) is 16.1. The number of carbonyl (C=O) groups is 2. The Kier molecular flexibility index (Phi) is 7.24. The Morgan fingerprint density at radius 1 is 1.09 bits per heavy atom. The van der Waals surface area contributed by atoms with E-state index in [0.717, 1.165) is 31.0 Å². The van der Waals surface area contributed by atoms with Gasteiger partial charge < -0.3 is 25.4 Å². The standard InChI is InChI=1S/C25H30N6O2/c1-26-25(28-12-4-14-30-15-11-20-5-2-3-6-22(20)30)29-17-19-7-9-21(10-8-19)24(33)31-16-13-27-23(32)18-31/h2-3,5-11,15H,4,12-14,16-18H2,1H3,(H,27,32)(H2,26,28,29). The summed E-state index contributed by atoms with van der Waals surface area (Å²) in [6.07, 6.45) is 3.11. The van der Waals surface area contributed by atoms with Gasteiger partial charge in [-0.25, -0.2) is 0 Å². The zero-order valence-electron chi connectivity index (χ0n) is 18.9. The van der Waals surface area contributed by atoms with Crippen molar-refractivity contribution in [2.24, 2.45) is 4.99 Å². The number of benzene rings is 2. The number of rotatable bonds is 7. The molecule has 8 nitrogen and oxygen atoms in total. The van der Waals surface area contributed by atoms with E-state index in [1.54, 1.807) is 11.9 Å². The second-order valence-electron chi connectivity index (χ2n) is 8.05. The van der Waals surface area contributed by atoms with Crippen molar-refractivity contribution in [3.63, 3.8) is 0 Å². The Hall–Kier alpha value is -3.81. The molecule has 2 amide bonds. The highest BCUT2D eigenvalue weighted by molar-refractivity contribution is 5.97. The first-order valence-corrected chi connectivity index (χ1v) is 11.3. The van der Waals surface area contributed by atoms with Crippen LogP contribution in [0.5, 0.6) is 0 Å². The van der Waals surface area contributed by atoms with Crippen molar-refractivity contribution in [1.29, 1.82) is 0 Å². The molecule has 3 N–H and O–H groups in total. The third kappa shape index (κ3) is 5.71. The van der Waals surface area contributed by atoms with E-state index in [-0.39, 0.29) is 18.4 Å². The van der Waals surface area contributed by atoms with Crippen LogP contribution in [0.25, 0.3) is 10.9 Å². The number of aromatic nitrogens is 1. The lowest BCUT2D eigenvalue weighted by Crippen LogP contribution is -2.49. The van der Waals surface area contributed by atoms with Crippen molar-refractivity contribution in [3.8, 4) is 0 Å². The molecule has 0 unspecified atom stereocenters. The molecule has 0 aliphatic carbocycles. The second kappa shape index (κ2) is 10.7. The molecule has 1 fully saturated rings. The van der Waals surface area contributed by atoms with Crippen molar-refractivity contribution >= 4 is 28.7 Å². The van der Waals surface area contributed by atoms with Crippen molar-refractivity contribution in [1.82, 2.24) is 25.4 Å². The van der Waals surface area contributed by atoms with Crippen LogP contribution in [0, 0.1) is 0 Å². The van der Waals surface area contributed by atoms with E-state index in [9.17, 15) is 9.59 Å². The molecule has 0 spiro atoms. The molecule has 2 aromatic carbocycles. The number of hydrogen-bond donors (Lipinski definition) is 3. The molecule has 2 heterocycles. The van der Waals surface area contributed by atoms with Gasteiger partial charge in [0.1, 0.15) is 0 Å². The molecule has 8 heteroatoms. The molecule has 0 radical (unpaired) electrons. The number of aliphatic imine (C=N–C) groups is 1. The summed E-state index contributed by atoms with van der Waals surface area (Å²) in [5.41, 5.74) is 2.89. The van der Waals surface area contributed by atoms with Gasteiger partial charge in [0.15, 0.2) is 5.96 Å². The van der Waals surface area contributed by atoms with Crippen LogP contribution in [-0.4, -0.2) is 60.5 Å². The first kappa shape index (κ1) is 22.4. The lowest BCUT2D eigenvalue weighted by molar-refractivity contribution is -0.123. The van der Waals surface area contributed by atoms with Crippen LogP contribution in [0.4, 0.5) is 0 Å². The third-order valence-electron chi connectivity index (χ3n) is 5.76. The minimum absolute atomic E-state index is 0.114. The highest BCUT2D eigenvalue weighted by atomic mass is 16.2. The number of fused-ring (bicyclic) bond motifs is 1. The molecule has 1 aromatic heterocycles. The van der Waals surface area contributed by atoms with E-state index in [1.165, 1.54) is 10.9 Å². The van der Waals surface area contributed by atoms with Gasteiger partial charge >= 0.3 is 0 Å². The van der Waals surface area contributed by atoms with Crippen molar-refractivity contribution in [2.75, 3.05) is 33.2 Å². The highest BCUT2D eigenvalue weighted by Crippen LogP contribution is 2.15. The summed E-state index contributed by atoms with van der Waals surface area (Å²) in [6.45, 7) is 3.50. The van der Waals surface area contributed by atoms with E-state index in [2.05, 4.69) is 62.0 Å². The smallest absolute Gasteiger partial charge is 0.254 e. The van der Waals surface area contributed by atoms with Crippen LogP contribution in [0.1, 0.15) is 22.3 Å². The minimum Gasteiger partial charge on any atom is -0.356 e. The van der Waals surface area contributed by atoms with Gasteiger partial charge in [0.2, 0.25) is 5.91 Å². The molecule has 0 saturated carbocycles. The average molecular weight is 447 g/mol. The Morgan fingerprint density at radius 2 is 1.91 bits per heavy atom. The molecule has 0 atom stereocenters. The lowest BCUT2D eigenvalue weighted by Gasteiger charge is -2.26. The van der Waals surface area contributed by atoms with E-state index in [1.807, 2.05) is 24.3 Å². The van der Waals surface area contributed by atoms with E-state index >= 15 is 0 Å². The lowest BCUT2D eigenvalue weighted by atomic mass is 10.1. The monoisotopic (exact) mass is 446 g/mol. The second-order valence-corrected chi connectivity index (χ2v) is 8.05. The number of para-hydroxylation sites is 1. The molecule has 0 bridgehead atoms. The summed E-state index contributed by atoms with van der Waals surface area (Å²) < 4.78 is 2.27. The molecule has 1 aliphatic rings. The summed E-state index contributed by atoms with van der Waals surface area (Å²) in [6, 6.07) is 18.0. The Morgan fingerprint density at radius 3 is 2.70 bits per heavy atom. The van der Waals surface area contributed by atoms with Gasteiger partial charge in [-0.2, -0.15) is 0 Å². The van der Waals surface area contributed by atoms with Gasteiger partial charge in [-0.15, -0.1) is 0 Å². The molecule has 1 aliphatic heterocycles. The number of amides is 2. The van der Waals surface area contributed by atoms with E-state index in [4.69, 9.17) is 0 Å². The maximum absolute atomic E-state index is 12.6. The van der Waals surface area contributed by atoms with Crippen LogP contribution in [-0.2, 0) is 17.9 Å². The first-order valence-electron chi connectivity index (χ1n) is 11.3. The average Bonchev–Trinajstić information content (AvgIpc) is 3.26. The Bertz CT molecular complexity index is 1140. The molecular formula is C25H30N6O2. The predicted molar refractivity (Wildman–Crippen MR) is 130 cm³/mol. The fourth-order valence-electron chi connectivity index (χ4n) is 3.96. The number of nitrogens with one attached hydrogen (secondary N) is 3. The van der Waals surface area contributed by atoms with Gasteiger partial charge in [0, 0.05) is 57.0 Å². The zero-order valence-corrected chi connectivity index (χ0v) is 18.9. The quantitative estimate of drug-likeness (QED) is 0.294. The number of nitrogens with zero attached hydrogens (tertiary/aromatic N) is 3. The van der Waals surface area contributed by atoms with Crippen LogP contribution >= 0.6 is 0 Å². The molecular weight excluding hydrogens is 416 g/mol. The fraction of sp³-hybridized carbons (Fsp3) is 0.320. The topological polar surface area (TPSA) is 90.8 Å². The number of aryl methyl sites for hydroxylation is 1. The summed E-state index contributed by atoms with van der Waals surface area (Å²) in [5, 5.41) is 10.7. The predicted octanol–water partition coefficient (Wildman–Crippen LogP) is 1.97. The van der Waals surface area contributed by atoms with Gasteiger partial charge in [-0.05, 0) is 41.6 Å². The van der Waals surface area contributed by atoms with Gasteiger partial charge in [0.05, 0.1) is 6.54 Å². The number of piperazine rings is 1. The molecule has 33 heavy (non-hydrogen) atoms. The molecule has 172 valence electrons. The highest BCUT2D eigenvalue weighted by Gasteiger charge is 2.22. The minimum atomic E-state index is -0.115. The summed E-state index contributed by atoms with van der Waals surface area (Å²) >= 11 is 0. The Labute approximate surface area is 193 Å². The normalized spacial score (nSPS) is 14.3. The van der Waals surface area contributed by atoms with Crippen molar-refractivity contribution < 1.29 is 9.59 Å². The van der Waals surface area contributed by atoms with Gasteiger partial charge in [-0.3, -0.25) is 14.6 Å². The number of hydrogen-bond acceptors (Lipinski definition) is 3. The maximum Gasteiger partial charge on any atom is 0.254 e. The summed E-state index contributed by atoms with van der Waals surface area (Å²) in [4.78, 5) is 30.0. The summed E-state index contributed by atoms with van der Waals surface area (Å²) in [5.74, 6) is 0.514. The van der Waals surface area contributed by atoms with Crippen LogP contribution < -0.4 is 16.0 Å². The SMILES string of the molecule is CN=C(NCCCn1ccc2ccccc21)NCc1ccc(C(=O)N2CCNC(=O)C2)cc1. The molecule has 1 saturated heterocycles. The van der Waals surface area contributed by atoms with Crippen LogP contribution in [0.15, 0.2) is 65.8 Å². The van der Waals surface area contributed by atoms with Crippen LogP contribution in [0.3, 0.4) is 0 Å². The Balaban J connectivity index is 1.21. The largest absolute Gasteiger partial charge is 0.356 e. The van der Waals surface area contributed by atoms with Crippen LogP contribution in [0.2, 0.25) is 0 Å². The third-order valence-corrected chi connectivity index (χ3v) is 5.76. The fourth-order valence-corrected chi connectivity index (χ4v) is 3.96. The van der Waals surface area contributed by atoms with E-state index in [0.29, 0.717) is 25.2 Å². The molecule has 3 aromatic rings. The van der Waals surface area contributed by atoms with Crippen molar-refractivity contribution in [3.05, 3.63) is 71.9 Å². The van der Waals surface area contributed by atoms with Gasteiger partial charge in [0.25, 0.3) is 5.91 Å². The van der Waals surface area contributed by atoms with E-state index < -0.39 is 0 Å². The summed E-state index contributed by atoms with van der Waals surface area (Å²) in [7, 11) is 1.76. The van der Waals surface area contributed by atoms with Gasteiger partial charge in [-0.1, -0.05) is 30.3 Å². The number of guanidine groups is 1. The maximum atomic E-state index is 12.6.